The van der Waals surface area contributed by atoms with Gasteiger partial charge in [0.25, 0.3) is 0 Å². The maximum Gasteiger partial charge on any atom is 0.310 e. The van der Waals surface area contributed by atoms with Crippen molar-refractivity contribution in [1.82, 2.24) is 9.97 Å². The standard InChI is InChI=1S/C12H13Br2N3O3/c13-7-6-15-10(9(14)16-7)17-8(18)5-12(11(19)20)3-1-2-4-12/h6H,1-5H2,(H,19,20)(H,15,17,18). The first kappa shape index (κ1) is 15.4. The van der Waals surface area contributed by atoms with E-state index in [2.05, 4.69) is 47.1 Å². The van der Waals surface area contributed by atoms with Crippen molar-refractivity contribution in [2.24, 2.45) is 5.41 Å². The average Bonchev–Trinajstić information content (AvgIpc) is 2.82. The molecule has 0 radical (unpaired) electrons. The smallest absolute Gasteiger partial charge is 0.310 e. The molecule has 6 nitrogen and oxygen atoms in total. The number of carbonyl (C=O) groups excluding carboxylic acids is 1. The highest BCUT2D eigenvalue weighted by atomic mass is 79.9. The van der Waals surface area contributed by atoms with Crippen molar-refractivity contribution in [3.05, 3.63) is 15.4 Å². The summed E-state index contributed by atoms with van der Waals surface area (Å²) in [5.74, 6) is -0.963. The van der Waals surface area contributed by atoms with Crippen molar-refractivity contribution >= 4 is 49.6 Å². The van der Waals surface area contributed by atoms with Gasteiger partial charge in [-0.2, -0.15) is 0 Å². The van der Waals surface area contributed by atoms with Gasteiger partial charge < -0.3 is 10.4 Å². The molecule has 1 aromatic rings. The van der Waals surface area contributed by atoms with Crippen molar-refractivity contribution in [2.45, 2.75) is 32.1 Å². The van der Waals surface area contributed by atoms with E-state index < -0.39 is 11.4 Å². The van der Waals surface area contributed by atoms with E-state index in [1.165, 1.54) is 6.20 Å². The van der Waals surface area contributed by atoms with Crippen molar-refractivity contribution < 1.29 is 14.7 Å². The second kappa shape index (κ2) is 6.17. The minimum atomic E-state index is -0.931. The monoisotopic (exact) mass is 405 g/mol. The lowest BCUT2D eigenvalue weighted by Crippen LogP contribution is -2.33. The predicted octanol–water partition coefficient (Wildman–Crippen LogP) is 2.98. The zero-order valence-electron chi connectivity index (χ0n) is 10.5. The molecule has 1 saturated carbocycles. The molecule has 0 bridgehead atoms. The normalized spacial score (nSPS) is 16.9. The molecule has 2 rings (SSSR count). The minimum absolute atomic E-state index is 0.0352. The van der Waals surface area contributed by atoms with E-state index in [4.69, 9.17) is 0 Å². The van der Waals surface area contributed by atoms with Crippen LogP contribution in [0, 0.1) is 5.41 Å². The first-order valence-electron chi connectivity index (χ1n) is 6.14. The Bertz CT molecular complexity index is 545. The molecule has 20 heavy (non-hydrogen) atoms. The SMILES string of the molecule is O=C(CC1(C(=O)O)CCCC1)Nc1ncc(Br)nc1Br. The predicted molar refractivity (Wildman–Crippen MR) is 79.2 cm³/mol. The summed E-state index contributed by atoms with van der Waals surface area (Å²) in [7, 11) is 0. The van der Waals surface area contributed by atoms with Gasteiger partial charge in [-0.25, -0.2) is 9.97 Å². The number of anilines is 1. The van der Waals surface area contributed by atoms with Crippen molar-refractivity contribution in [3.63, 3.8) is 0 Å². The van der Waals surface area contributed by atoms with Crippen molar-refractivity contribution in [1.29, 1.82) is 0 Å². The van der Waals surface area contributed by atoms with E-state index in [-0.39, 0.29) is 18.1 Å². The third kappa shape index (κ3) is 3.35. The summed E-state index contributed by atoms with van der Waals surface area (Å²) in [6.07, 6.45) is 4.21. The number of carboxylic acids is 1. The Morgan fingerprint density at radius 1 is 1.35 bits per heavy atom. The van der Waals surface area contributed by atoms with Crippen LogP contribution in [-0.2, 0) is 9.59 Å². The summed E-state index contributed by atoms with van der Waals surface area (Å²) in [4.78, 5) is 31.5. The van der Waals surface area contributed by atoms with Crippen LogP contribution in [0.15, 0.2) is 15.4 Å². The van der Waals surface area contributed by atoms with E-state index >= 15 is 0 Å². The molecule has 1 aliphatic rings. The highest BCUT2D eigenvalue weighted by molar-refractivity contribution is 9.11. The van der Waals surface area contributed by atoms with E-state index in [0.717, 1.165) is 12.8 Å². The van der Waals surface area contributed by atoms with Gasteiger partial charge in [0, 0.05) is 6.42 Å². The molecule has 1 amide bonds. The van der Waals surface area contributed by atoms with E-state index in [0.29, 0.717) is 22.0 Å². The molecular weight excluding hydrogens is 394 g/mol. The molecule has 2 N–H and O–H groups in total. The van der Waals surface area contributed by atoms with Gasteiger partial charge in [0.15, 0.2) is 5.82 Å². The molecule has 108 valence electrons. The zero-order valence-corrected chi connectivity index (χ0v) is 13.7. The largest absolute Gasteiger partial charge is 0.481 e. The maximum atomic E-state index is 12.0. The lowest BCUT2D eigenvalue weighted by molar-refractivity contribution is -0.150. The Morgan fingerprint density at radius 2 is 2.00 bits per heavy atom. The third-order valence-corrected chi connectivity index (χ3v) is 4.41. The van der Waals surface area contributed by atoms with Gasteiger partial charge in [0.2, 0.25) is 5.91 Å². The molecule has 1 heterocycles. The molecule has 0 spiro atoms. The lowest BCUT2D eigenvalue weighted by atomic mass is 9.82. The van der Waals surface area contributed by atoms with Crippen LogP contribution in [0.3, 0.4) is 0 Å². The van der Waals surface area contributed by atoms with Gasteiger partial charge in [0.05, 0.1) is 11.6 Å². The second-order valence-electron chi connectivity index (χ2n) is 4.85. The number of aliphatic carboxylic acids is 1. The van der Waals surface area contributed by atoms with Gasteiger partial charge in [-0.1, -0.05) is 12.8 Å². The summed E-state index contributed by atoms with van der Waals surface area (Å²) in [6.45, 7) is 0. The molecule has 0 aromatic carbocycles. The molecule has 0 unspecified atom stereocenters. The summed E-state index contributed by atoms with van der Waals surface area (Å²) in [5, 5.41) is 11.9. The quantitative estimate of drug-likeness (QED) is 0.801. The fourth-order valence-corrected chi connectivity index (χ4v) is 3.34. The number of aromatic nitrogens is 2. The van der Waals surface area contributed by atoms with Crippen LogP contribution in [0.2, 0.25) is 0 Å². The van der Waals surface area contributed by atoms with Crippen LogP contribution in [0.4, 0.5) is 5.82 Å². The Morgan fingerprint density at radius 3 is 2.55 bits per heavy atom. The lowest BCUT2D eigenvalue weighted by Gasteiger charge is -2.22. The van der Waals surface area contributed by atoms with Crippen LogP contribution in [0.5, 0.6) is 0 Å². The van der Waals surface area contributed by atoms with Crippen molar-refractivity contribution in [3.8, 4) is 0 Å². The van der Waals surface area contributed by atoms with Crippen LogP contribution < -0.4 is 5.32 Å². The molecule has 0 atom stereocenters. The number of rotatable bonds is 4. The summed E-state index contributed by atoms with van der Waals surface area (Å²) >= 11 is 6.36. The summed E-state index contributed by atoms with van der Waals surface area (Å²) in [6, 6.07) is 0. The van der Waals surface area contributed by atoms with Crippen LogP contribution in [-0.4, -0.2) is 27.0 Å². The Kier molecular flexibility index (Phi) is 4.74. The Balaban J connectivity index is 2.07. The number of carbonyl (C=O) groups is 2. The van der Waals surface area contributed by atoms with Crippen LogP contribution in [0.25, 0.3) is 0 Å². The highest BCUT2D eigenvalue weighted by Gasteiger charge is 2.43. The van der Waals surface area contributed by atoms with Gasteiger partial charge in [0.1, 0.15) is 9.21 Å². The number of carboxylic acid groups (broad SMARTS) is 1. The van der Waals surface area contributed by atoms with E-state index in [9.17, 15) is 14.7 Å². The fraction of sp³-hybridized carbons (Fsp3) is 0.500. The Labute approximate surface area is 132 Å². The number of amides is 1. The number of halogens is 2. The molecule has 1 aromatic heterocycles. The number of hydrogen-bond donors (Lipinski definition) is 2. The first-order valence-corrected chi connectivity index (χ1v) is 7.73. The van der Waals surface area contributed by atoms with Gasteiger partial charge in [-0.05, 0) is 44.7 Å². The van der Waals surface area contributed by atoms with E-state index in [1.807, 2.05) is 0 Å². The van der Waals surface area contributed by atoms with Gasteiger partial charge in [-0.3, -0.25) is 9.59 Å². The number of nitrogens with zero attached hydrogens (tertiary/aromatic N) is 2. The molecule has 0 aliphatic heterocycles. The summed E-state index contributed by atoms with van der Waals surface area (Å²) in [5.41, 5.74) is -0.931. The molecule has 1 aliphatic carbocycles. The van der Waals surface area contributed by atoms with Gasteiger partial charge >= 0.3 is 5.97 Å². The molecule has 1 fully saturated rings. The average molecular weight is 407 g/mol. The number of nitrogens with one attached hydrogen (secondary N) is 1. The maximum absolute atomic E-state index is 12.0. The second-order valence-corrected chi connectivity index (χ2v) is 6.41. The van der Waals surface area contributed by atoms with Crippen LogP contribution in [0.1, 0.15) is 32.1 Å². The summed E-state index contributed by atoms with van der Waals surface area (Å²) < 4.78 is 0.941. The highest BCUT2D eigenvalue weighted by Crippen LogP contribution is 2.41. The minimum Gasteiger partial charge on any atom is -0.481 e. The van der Waals surface area contributed by atoms with Gasteiger partial charge in [-0.15, -0.1) is 0 Å². The third-order valence-electron chi connectivity index (χ3n) is 3.47. The topological polar surface area (TPSA) is 92.2 Å². The molecular formula is C12H13Br2N3O3. The molecule has 0 saturated heterocycles. The van der Waals surface area contributed by atoms with Crippen molar-refractivity contribution in [2.75, 3.05) is 5.32 Å². The van der Waals surface area contributed by atoms with E-state index in [1.54, 1.807) is 0 Å². The first-order chi connectivity index (χ1) is 9.43. The van der Waals surface area contributed by atoms with Crippen LogP contribution >= 0.6 is 31.9 Å². The Hall–Kier alpha value is -1.02. The zero-order chi connectivity index (χ0) is 14.8. The molecule has 8 heteroatoms. The number of hydrogen-bond acceptors (Lipinski definition) is 4. The fourth-order valence-electron chi connectivity index (χ4n) is 2.43.